The Morgan fingerprint density at radius 2 is 2.00 bits per heavy atom. The minimum atomic E-state index is -0.558. The highest BCUT2D eigenvalue weighted by Gasteiger charge is 2.52. The Hall–Kier alpha value is -1.91. The van der Waals surface area contributed by atoms with Gasteiger partial charge in [-0.3, -0.25) is 14.6 Å². The van der Waals surface area contributed by atoms with Gasteiger partial charge in [-0.1, -0.05) is 6.42 Å². The van der Waals surface area contributed by atoms with Crippen LogP contribution >= 0.6 is 0 Å². The van der Waals surface area contributed by atoms with Gasteiger partial charge in [0.1, 0.15) is 5.60 Å². The molecule has 2 heterocycles. The Morgan fingerprint density at radius 1 is 1.32 bits per heavy atom. The van der Waals surface area contributed by atoms with Crippen molar-refractivity contribution in [3.63, 3.8) is 0 Å². The van der Waals surface area contributed by atoms with Crippen molar-refractivity contribution in [2.75, 3.05) is 0 Å². The Bertz CT molecular complexity index is 552. The Labute approximate surface area is 130 Å². The van der Waals surface area contributed by atoms with E-state index in [9.17, 15) is 9.59 Å². The normalized spacial score (nSPS) is 24.8. The maximum Gasteiger partial charge on any atom is 0.307 e. The largest absolute Gasteiger partial charge is 0.458 e. The zero-order valence-electron chi connectivity index (χ0n) is 12.9. The van der Waals surface area contributed by atoms with Crippen molar-refractivity contribution in [2.45, 2.75) is 57.1 Å². The summed E-state index contributed by atoms with van der Waals surface area (Å²) in [5.41, 5.74) is 0.448. The number of carbonyl (C=O) groups excluding carboxylic acids is 2. The first-order valence-corrected chi connectivity index (χ1v) is 8.03. The van der Waals surface area contributed by atoms with E-state index in [4.69, 9.17) is 4.74 Å². The van der Waals surface area contributed by atoms with Crippen molar-refractivity contribution < 1.29 is 14.3 Å². The summed E-state index contributed by atoms with van der Waals surface area (Å²) in [5, 5.41) is 3.03. The summed E-state index contributed by atoms with van der Waals surface area (Å²) in [5.74, 6) is -0.666. The van der Waals surface area contributed by atoms with Gasteiger partial charge in [0.25, 0.3) is 0 Å². The lowest BCUT2D eigenvalue weighted by molar-refractivity contribution is -0.153. The van der Waals surface area contributed by atoms with Gasteiger partial charge in [-0.15, -0.1) is 0 Å². The summed E-state index contributed by atoms with van der Waals surface area (Å²) in [6, 6.07) is 3.67. The molecule has 118 valence electrons. The standard InChI is InChI=1S/C17H22N2O3/c1-12(13-5-9-18-10-6-13)19-16(21)14-11-15(20)22-17(14)7-3-2-4-8-17/h5-6,9-10,12,14H,2-4,7-8,11H2,1H3,(H,19,21). The van der Waals surface area contributed by atoms with E-state index in [2.05, 4.69) is 10.3 Å². The number of pyridine rings is 1. The summed E-state index contributed by atoms with van der Waals surface area (Å²) in [6.45, 7) is 1.94. The molecule has 0 bridgehead atoms. The molecule has 2 atom stereocenters. The highest BCUT2D eigenvalue weighted by atomic mass is 16.6. The minimum absolute atomic E-state index is 0.0722. The number of rotatable bonds is 3. The van der Waals surface area contributed by atoms with Gasteiger partial charge in [-0.25, -0.2) is 0 Å². The molecule has 0 aromatic carbocycles. The van der Waals surface area contributed by atoms with Crippen LogP contribution in [0.4, 0.5) is 0 Å². The first-order valence-electron chi connectivity index (χ1n) is 8.03. The van der Waals surface area contributed by atoms with Crippen molar-refractivity contribution in [1.29, 1.82) is 0 Å². The molecule has 1 saturated carbocycles. The predicted octanol–water partition coefficient (Wildman–Crippen LogP) is 2.52. The van der Waals surface area contributed by atoms with E-state index in [0.29, 0.717) is 0 Å². The Morgan fingerprint density at radius 3 is 2.68 bits per heavy atom. The molecule has 5 nitrogen and oxygen atoms in total. The molecule has 1 aromatic heterocycles. The number of ether oxygens (including phenoxy) is 1. The fraction of sp³-hybridized carbons (Fsp3) is 0.588. The number of hydrogen-bond acceptors (Lipinski definition) is 4. The van der Waals surface area contributed by atoms with Crippen LogP contribution in [0.25, 0.3) is 0 Å². The Balaban J connectivity index is 1.72. The van der Waals surface area contributed by atoms with Gasteiger partial charge in [0.05, 0.1) is 18.4 Å². The van der Waals surface area contributed by atoms with Crippen LogP contribution in [-0.2, 0) is 14.3 Å². The van der Waals surface area contributed by atoms with Crippen molar-refractivity contribution in [2.24, 2.45) is 5.92 Å². The third-order valence-electron chi connectivity index (χ3n) is 4.90. The van der Waals surface area contributed by atoms with E-state index in [1.165, 1.54) is 0 Å². The van der Waals surface area contributed by atoms with Crippen LogP contribution in [0, 0.1) is 5.92 Å². The zero-order chi connectivity index (χ0) is 15.6. The molecular formula is C17H22N2O3. The highest BCUT2D eigenvalue weighted by Crippen LogP contribution is 2.44. The van der Waals surface area contributed by atoms with Crippen LogP contribution in [-0.4, -0.2) is 22.5 Å². The zero-order valence-corrected chi connectivity index (χ0v) is 12.9. The average Bonchev–Trinajstić information content (AvgIpc) is 2.84. The van der Waals surface area contributed by atoms with Crippen LogP contribution in [0.2, 0.25) is 0 Å². The molecule has 1 saturated heterocycles. The topological polar surface area (TPSA) is 68.3 Å². The fourth-order valence-electron chi connectivity index (χ4n) is 3.67. The number of amides is 1. The van der Waals surface area contributed by atoms with E-state index >= 15 is 0 Å². The second-order valence-corrected chi connectivity index (χ2v) is 6.37. The van der Waals surface area contributed by atoms with Crippen molar-refractivity contribution in [1.82, 2.24) is 10.3 Å². The molecule has 1 aliphatic carbocycles. The number of esters is 1. The lowest BCUT2D eigenvalue weighted by Crippen LogP contribution is -2.46. The lowest BCUT2D eigenvalue weighted by Gasteiger charge is -2.36. The Kier molecular flexibility index (Phi) is 4.14. The molecule has 1 spiro atoms. The van der Waals surface area contributed by atoms with E-state index in [-0.39, 0.29) is 30.3 Å². The second-order valence-electron chi connectivity index (χ2n) is 6.37. The predicted molar refractivity (Wildman–Crippen MR) is 80.8 cm³/mol. The SMILES string of the molecule is CC(NC(=O)C1CC(=O)OC12CCCCC2)c1ccncc1. The van der Waals surface area contributed by atoms with Crippen LogP contribution in [0.3, 0.4) is 0 Å². The van der Waals surface area contributed by atoms with Gasteiger partial charge >= 0.3 is 5.97 Å². The van der Waals surface area contributed by atoms with Crippen LogP contribution in [0.1, 0.15) is 57.1 Å². The first-order chi connectivity index (χ1) is 10.6. The molecule has 5 heteroatoms. The summed E-state index contributed by atoms with van der Waals surface area (Å²) < 4.78 is 5.60. The third-order valence-corrected chi connectivity index (χ3v) is 4.90. The van der Waals surface area contributed by atoms with Crippen LogP contribution in [0.5, 0.6) is 0 Å². The third kappa shape index (κ3) is 2.85. The molecule has 2 fully saturated rings. The smallest absolute Gasteiger partial charge is 0.307 e. The van der Waals surface area contributed by atoms with Gasteiger partial charge in [0, 0.05) is 12.4 Å². The molecular weight excluding hydrogens is 280 g/mol. The highest BCUT2D eigenvalue weighted by molar-refractivity contribution is 5.88. The van der Waals surface area contributed by atoms with E-state index in [0.717, 1.165) is 37.7 Å². The second kappa shape index (κ2) is 6.07. The number of aromatic nitrogens is 1. The van der Waals surface area contributed by atoms with Crippen molar-refractivity contribution >= 4 is 11.9 Å². The molecule has 1 N–H and O–H groups in total. The van der Waals surface area contributed by atoms with Gasteiger partial charge in [-0.2, -0.15) is 0 Å². The van der Waals surface area contributed by atoms with Gasteiger partial charge < -0.3 is 10.1 Å². The summed E-state index contributed by atoms with van der Waals surface area (Å²) in [6.07, 6.45) is 8.44. The summed E-state index contributed by atoms with van der Waals surface area (Å²) in [7, 11) is 0. The van der Waals surface area contributed by atoms with Gasteiger partial charge in [0.15, 0.2) is 0 Å². The molecule has 1 aromatic rings. The lowest BCUT2D eigenvalue weighted by atomic mass is 9.75. The van der Waals surface area contributed by atoms with Crippen molar-refractivity contribution in [3.8, 4) is 0 Å². The molecule has 22 heavy (non-hydrogen) atoms. The van der Waals surface area contributed by atoms with Crippen molar-refractivity contribution in [3.05, 3.63) is 30.1 Å². The number of carbonyl (C=O) groups is 2. The minimum Gasteiger partial charge on any atom is -0.458 e. The van der Waals surface area contributed by atoms with Gasteiger partial charge in [-0.05, 0) is 50.3 Å². The summed E-state index contributed by atoms with van der Waals surface area (Å²) in [4.78, 5) is 28.5. The van der Waals surface area contributed by atoms with Crippen LogP contribution < -0.4 is 5.32 Å². The first kappa shape index (κ1) is 15.0. The van der Waals surface area contributed by atoms with Gasteiger partial charge in [0.2, 0.25) is 5.91 Å². The molecule has 3 rings (SSSR count). The molecule has 1 aliphatic heterocycles. The molecule has 1 amide bonds. The van der Waals surface area contributed by atoms with E-state index < -0.39 is 5.60 Å². The van der Waals surface area contributed by atoms with Crippen LogP contribution in [0.15, 0.2) is 24.5 Å². The molecule has 2 aliphatic rings. The maximum absolute atomic E-state index is 12.7. The molecule has 0 radical (unpaired) electrons. The average molecular weight is 302 g/mol. The summed E-state index contributed by atoms with van der Waals surface area (Å²) >= 11 is 0. The number of hydrogen-bond donors (Lipinski definition) is 1. The monoisotopic (exact) mass is 302 g/mol. The molecule has 2 unspecified atom stereocenters. The van der Waals surface area contributed by atoms with E-state index in [1.54, 1.807) is 12.4 Å². The number of nitrogens with zero attached hydrogens (tertiary/aromatic N) is 1. The maximum atomic E-state index is 12.7. The van der Waals surface area contributed by atoms with E-state index in [1.807, 2.05) is 19.1 Å². The fourth-order valence-corrected chi connectivity index (χ4v) is 3.67. The quantitative estimate of drug-likeness (QED) is 0.871. The number of nitrogens with one attached hydrogen (secondary N) is 1.